The molecular weight excluding hydrogens is 212 g/mol. The van der Waals surface area contributed by atoms with Crippen molar-refractivity contribution in [2.24, 2.45) is 5.41 Å². The highest BCUT2D eigenvalue weighted by atomic mass is 17.1. The molecule has 0 aliphatic heterocycles. The third kappa shape index (κ3) is 8.66. The van der Waals surface area contributed by atoms with Crippen LogP contribution in [0, 0.1) is 5.41 Å². The van der Waals surface area contributed by atoms with Crippen LogP contribution in [0.2, 0.25) is 0 Å². The topological polar surface area (TPSA) is 29.5 Å². The van der Waals surface area contributed by atoms with Gasteiger partial charge in [0.1, 0.15) is 0 Å². The van der Waals surface area contributed by atoms with E-state index >= 15 is 0 Å². The van der Waals surface area contributed by atoms with Crippen LogP contribution in [0.15, 0.2) is 48.6 Å². The van der Waals surface area contributed by atoms with E-state index in [0.717, 1.165) is 24.0 Å². The standard InChI is InChI=1S/C15H24O2/c1-6-8-13(2)9-7-10-14(3)11-15(4,5)12-17-16/h6-9,16H,2-3,10-12H2,1,4-5H3/b8-6+,9-7+. The van der Waals surface area contributed by atoms with Crippen molar-refractivity contribution in [2.75, 3.05) is 6.61 Å². The molecule has 0 aromatic heterocycles. The fourth-order valence-electron chi connectivity index (χ4n) is 1.62. The SMILES string of the molecule is C=C(/C=C/C)/C=C/CC(=C)CC(C)(C)COO. The third-order valence-corrected chi connectivity index (χ3v) is 2.30. The molecule has 0 heterocycles. The summed E-state index contributed by atoms with van der Waals surface area (Å²) in [4.78, 5) is 4.20. The van der Waals surface area contributed by atoms with Gasteiger partial charge in [-0.3, -0.25) is 5.26 Å². The largest absolute Gasteiger partial charge is 0.252 e. The van der Waals surface area contributed by atoms with E-state index in [1.54, 1.807) is 0 Å². The van der Waals surface area contributed by atoms with Gasteiger partial charge < -0.3 is 0 Å². The first-order valence-electron chi connectivity index (χ1n) is 5.82. The van der Waals surface area contributed by atoms with E-state index in [1.165, 1.54) is 0 Å². The van der Waals surface area contributed by atoms with E-state index in [4.69, 9.17) is 5.26 Å². The number of rotatable bonds is 8. The Kier molecular flexibility index (Phi) is 7.51. The molecule has 0 spiro atoms. The van der Waals surface area contributed by atoms with Gasteiger partial charge in [-0.25, -0.2) is 4.89 Å². The van der Waals surface area contributed by atoms with Crippen molar-refractivity contribution >= 4 is 0 Å². The lowest BCUT2D eigenvalue weighted by molar-refractivity contribution is -0.259. The van der Waals surface area contributed by atoms with Crippen molar-refractivity contribution in [3.8, 4) is 0 Å². The highest BCUT2D eigenvalue weighted by Gasteiger charge is 2.19. The van der Waals surface area contributed by atoms with Gasteiger partial charge in [-0.2, -0.15) is 0 Å². The molecule has 0 saturated carbocycles. The van der Waals surface area contributed by atoms with Crippen LogP contribution in [0.4, 0.5) is 0 Å². The summed E-state index contributed by atoms with van der Waals surface area (Å²) < 4.78 is 0. The normalized spacial score (nSPS) is 12.5. The predicted molar refractivity (Wildman–Crippen MR) is 73.8 cm³/mol. The van der Waals surface area contributed by atoms with Crippen LogP contribution in [-0.2, 0) is 4.89 Å². The summed E-state index contributed by atoms with van der Waals surface area (Å²) in [5, 5.41) is 8.46. The Balaban J connectivity index is 4.07. The highest BCUT2D eigenvalue weighted by molar-refractivity contribution is 5.27. The summed E-state index contributed by atoms with van der Waals surface area (Å²) in [6.07, 6.45) is 9.62. The van der Waals surface area contributed by atoms with Gasteiger partial charge in [-0.05, 0) is 30.8 Å². The maximum atomic E-state index is 8.46. The Morgan fingerprint density at radius 2 is 1.94 bits per heavy atom. The Hall–Kier alpha value is -1.12. The average Bonchev–Trinajstić information content (AvgIpc) is 2.16. The zero-order valence-electron chi connectivity index (χ0n) is 11.2. The first-order chi connectivity index (χ1) is 7.91. The zero-order chi connectivity index (χ0) is 13.3. The fourth-order valence-corrected chi connectivity index (χ4v) is 1.62. The summed E-state index contributed by atoms with van der Waals surface area (Å²) in [5.41, 5.74) is 2.02. The molecule has 0 bridgehead atoms. The smallest absolute Gasteiger partial charge is 0.0873 e. The molecule has 0 radical (unpaired) electrons. The van der Waals surface area contributed by atoms with Crippen LogP contribution in [0.1, 0.15) is 33.6 Å². The van der Waals surface area contributed by atoms with E-state index < -0.39 is 0 Å². The minimum Gasteiger partial charge on any atom is -0.252 e. The summed E-state index contributed by atoms with van der Waals surface area (Å²) in [5.74, 6) is 0. The Bertz CT molecular complexity index is 309. The highest BCUT2D eigenvalue weighted by Crippen LogP contribution is 2.26. The molecule has 0 unspecified atom stereocenters. The van der Waals surface area contributed by atoms with Gasteiger partial charge in [0.25, 0.3) is 0 Å². The number of hydrogen-bond donors (Lipinski definition) is 1. The molecule has 0 aliphatic rings. The Morgan fingerprint density at radius 3 is 2.47 bits per heavy atom. The lowest BCUT2D eigenvalue weighted by Crippen LogP contribution is -2.18. The molecule has 0 atom stereocenters. The van der Waals surface area contributed by atoms with Gasteiger partial charge >= 0.3 is 0 Å². The molecular formula is C15H24O2. The van der Waals surface area contributed by atoms with Crippen molar-refractivity contribution < 1.29 is 10.1 Å². The first kappa shape index (κ1) is 15.9. The van der Waals surface area contributed by atoms with E-state index in [0.29, 0.717) is 6.61 Å². The molecule has 2 heteroatoms. The monoisotopic (exact) mass is 236 g/mol. The van der Waals surface area contributed by atoms with Gasteiger partial charge in [0.05, 0.1) is 6.61 Å². The van der Waals surface area contributed by atoms with E-state index in [2.05, 4.69) is 24.1 Å². The van der Waals surface area contributed by atoms with Gasteiger partial charge in [-0.1, -0.05) is 56.9 Å². The average molecular weight is 236 g/mol. The van der Waals surface area contributed by atoms with Crippen molar-refractivity contribution in [1.29, 1.82) is 0 Å². The third-order valence-electron chi connectivity index (χ3n) is 2.30. The molecule has 0 saturated heterocycles. The van der Waals surface area contributed by atoms with Crippen molar-refractivity contribution in [2.45, 2.75) is 33.6 Å². The van der Waals surface area contributed by atoms with Crippen molar-refractivity contribution in [3.05, 3.63) is 48.6 Å². The Morgan fingerprint density at radius 1 is 1.29 bits per heavy atom. The molecule has 0 fully saturated rings. The van der Waals surface area contributed by atoms with E-state index in [-0.39, 0.29) is 5.41 Å². The van der Waals surface area contributed by atoms with Gasteiger partial charge in [0.2, 0.25) is 0 Å². The predicted octanol–water partition coefficient (Wildman–Crippen LogP) is 4.53. The maximum absolute atomic E-state index is 8.46. The lowest BCUT2D eigenvalue weighted by atomic mass is 9.86. The van der Waals surface area contributed by atoms with Crippen LogP contribution in [0.25, 0.3) is 0 Å². The number of hydrogen-bond acceptors (Lipinski definition) is 2. The number of allylic oxidation sites excluding steroid dienone is 6. The molecule has 0 rings (SSSR count). The summed E-state index contributed by atoms with van der Waals surface area (Å²) in [6.45, 7) is 14.3. The minimum atomic E-state index is -0.0833. The van der Waals surface area contributed by atoms with Crippen LogP contribution < -0.4 is 0 Å². The van der Waals surface area contributed by atoms with Gasteiger partial charge in [0.15, 0.2) is 0 Å². The molecule has 96 valence electrons. The molecule has 0 amide bonds. The van der Waals surface area contributed by atoms with Gasteiger partial charge in [-0.15, -0.1) is 0 Å². The van der Waals surface area contributed by atoms with E-state index in [1.807, 2.05) is 39.0 Å². The summed E-state index contributed by atoms with van der Waals surface area (Å²) in [7, 11) is 0. The molecule has 0 aromatic rings. The maximum Gasteiger partial charge on any atom is 0.0873 e. The van der Waals surface area contributed by atoms with Crippen molar-refractivity contribution in [1.82, 2.24) is 0 Å². The van der Waals surface area contributed by atoms with Crippen LogP contribution in [-0.4, -0.2) is 11.9 Å². The first-order valence-corrected chi connectivity index (χ1v) is 5.82. The van der Waals surface area contributed by atoms with Crippen LogP contribution in [0.3, 0.4) is 0 Å². The molecule has 2 nitrogen and oxygen atoms in total. The second-order valence-corrected chi connectivity index (χ2v) is 5.05. The van der Waals surface area contributed by atoms with Crippen LogP contribution >= 0.6 is 0 Å². The van der Waals surface area contributed by atoms with Crippen LogP contribution in [0.5, 0.6) is 0 Å². The molecule has 17 heavy (non-hydrogen) atoms. The zero-order valence-corrected chi connectivity index (χ0v) is 11.2. The lowest BCUT2D eigenvalue weighted by Gasteiger charge is -2.23. The molecule has 0 aliphatic carbocycles. The molecule has 1 N–H and O–H groups in total. The van der Waals surface area contributed by atoms with E-state index in [9.17, 15) is 0 Å². The quantitative estimate of drug-likeness (QED) is 0.290. The second kappa shape index (κ2) is 8.04. The minimum absolute atomic E-state index is 0.0833. The molecule has 0 aromatic carbocycles. The van der Waals surface area contributed by atoms with Gasteiger partial charge in [0, 0.05) is 0 Å². The second-order valence-electron chi connectivity index (χ2n) is 5.05. The summed E-state index contributed by atoms with van der Waals surface area (Å²) in [6, 6.07) is 0. The fraction of sp³-hybridized carbons (Fsp3) is 0.467. The van der Waals surface area contributed by atoms with Crippen molar-refractivity contribution in [3.63, 3.8) is 0 Å². The Labute approximate surface area is 105 Å². The summed E-state index contributed by atoms with van der Waals surface area (Å²) >= 11 is 0.